The summed E-state index contributed by atoms with van der Waals surface area (Å²) >= 11 is 0. The first kappa shape index (κ1) is 18.4. The lowest BCUT2D eigenvalue weighted by Crippen LogP contribution is -2.26. The predicted octanol–water partition coefficient (Wildman–Crippen LogP) is 4.41. The van der Waals surface area contributed by atoms with Crippen LogP contribution in [-0.4, -0.2) is 17.8 Å². The first-order chi connectivity index (χ1) is 11.3. The highest BCUT2D eigenvalue weighted by Crippen LogP contribution is 2.36. The van der Waals surface area contributed by atoms with Gasteiger partial charge in [-0.15, -0.1) is 0 Å². The van der Waals surface area contributed by atoms with Gasteiger partial charge in [0.05, 0.1) is 6.61 Å². The van der Waals surface area contributed by atoms with Crippen LogP contribution in [0.4, 0.5) is 5.82 Å². The molecule has 130 valence electrons. The highest BCUT2D eigenvalue weighted by Gasteiger charge is 2.28. The third kappa shape index (κ3) is 4.55. The Morgan fingerprint density at radius 1 is 1.38 bits per heavy atom. The topological polar surface area (TPSA) is 70.3 Å². The van der Waals surface area contributed by atoms with Gasteiger partial charge >= 0.3 is 0 Å². The van der Waals surface area contributed by atoms with Gasteiger partial charge in [0.2, 0.25) is 0 Å². The molecule has 1 aliphatic rings. The largest absolute Gasteiger partial charge is 0.380 e. The Morgan fingerprint density at radius 2 is 2.04 bits per heavy atom. The number of aromatic nitrogens is 1. The molecule has 1 N–H and O–H groups in total. The maximum Gasteiger partial charge on any atom is 0.164 e. The minimum absolute atomic E-state index is 0.361. The Bertz CT molecular complexity index is 643. The Labute approximate surface area is 145 Å². The number of pyridine rings is 1. The number of nitriles is 1. The Morgan fingerprint density at radius 3 is 2.58 bits per heavy atom. The van der Waals surface area contributed by atoms with Crippen LogP contribution >= 0.6 is 0 Å². The number of nitrogens with one attached hydrogen (secondary N) is 1. The van der Waals surface area contributed by atoms with Gasteiger partial charge in [-0.25, -0.2) is 4.98 Å². The molecule has 0 aliphatic heterocycles. The highest BCUT2D eigenvalue weighted by atomic mass is 16.5. The number of rotatable bonds is 4. The molecule has 1 heterocycles. The zero-order chi connectivity index (χ0) is 17.7. The van der Waals surface area contributed by atoms with E-state index in [4.69, 9.17) is 4.74 Å². The minimum atomic E-state index is 0.361. The molecule has 0 radical (unpaired) electrons. The molecule has 24 heavy (non-hydrogen) atoms. The van der Waals surface area contributed by atoms with Crippen molar-refractivity contribution in [1.29, 1.82) is 5.26 Å². The van der Waals surface area contributed by atoms with E-state index in [1.165, 1.54) is 12.8 Å². The molecular formula is C19H28N4O. The number of aryl methyl sites for hydroxylation is 1. The average molecular weight is 328 g/mol. The summed E-state index contributed by atoms with van der Waals surface area (Å²) in [4.78, 5) is 4.43. The average Bonchev–Trinajstić information content (AvgIpc) is 2.52. The van der Waals surface area contributed by atoms with Crippen molar-refractivity contribution < 1.29 is 4.74 Å². The fourth-order valence-corrected chi connectivity index (χ4v) is 3.28. The zero-order valence-electron chi connectivity index (χ0n) is 15.4. The van der Waals surface area contributed by atoms with Crippen LogP contribution in [0.5, 0.6) is 0 Å². The molecule has 5 heteroatoms. The molecule has 0 aromatic carbocycles. The highest BCUT2D eigenvalue weighted by molar-refractivity contribution is 5.85. The molecule has 1 aliphatic carbocycles. The second-order valence-electron chi connectivity index (χ2n) is 7.62. The van der Waals surface area contributed by atoms with Gasteiger partial charge in [0, 0.05) is 24.1 Å². The summed E-state index contributed by atoms with van der Waals surface area (Å²) in [6, 6.07) is 4.10. The van der Waals surface area contributed by atoms with Crippen LogP contribution in [0.15, 0.2) is 11.2 Å². The molecule has 0 bridgehead atoms. The first-order valence-electron chi connectivity index (χ1n) is 8.56. The molecule has 1 aromatic heterocycles. The van der Waals surface area contributed by atoms with Crippen LogP contribution in [0.3, 0.4) is 0 Å². The molecule has 2 rings (SSSR count). The Balaban J connectivity index is 2.11. The molecular weight excluding hydrogens is 300 g/mol. The van der Waals surface area contributed by atoms with Crippen LogP contribution < -0.4 is 5.43 Å². The van der Waals surface area contributed by atoms with Crippen molar-refractivity contribution in [1.82, 2.24) is 4.98 Å². The second-order valence-corrected chi connectivity index (χ2v) is 7.62. The van der Waals surface area contributed by atoms with Gasteiger partial charge in [0.25, 0.3) is 0 Å². The van der Waals surface area contributed by atoms with Crippen LogP contribution in [0.2, 0.25) is 0 Å². The maximum atomic E-state index is 9.44. The van der Waals surface area contributed by atoms with Gasteiger partial charge in [-0.3, -0.25) is 5.43 Å². The molecule has 0 unspecified atom stereocenters. The van der Waals surface area contributed by atoms with Crippen molar-refractivity contribution >= 4 is 11.5 Å². The number of ether oxygens (including phenoxy) is 1. The molecule has 1 fully saturated rings. The van der Waals surface area contributed by atoms with Gasteiger partial charge < -0.3 is 4.74 Å². The van der Waals surface area contributed by atoms with E-state index >= 15 is 0 Å². The number of methoxy groups -OCH3 is 1. The number of nitrogens with zero attached hydrogens (tertiary/aromatic N) is 3. The SMILES string of the molecule is COCc1cc(C)nc(NN=C2CCC(C(C)(C)C)CC2)c1C#N. The lowest BCUT2D eigenvalue weighted by atomic mass is 9.72. The van der Waals surface area contributed by atoms with Gasteiger partial charge in [-0.1, -0.05) is 20.8 Å². The smallest absolute Gasteiger partial charge is 0.164 e. The van der Waals surface area contributed by atoms with E-state index < -0.39 is 0 Å². The lowest BCUT2D eigenvalue weighted by Gasteiger charge is -2.34. The minimum Gasteiger partial charge on any atom is -0.380 e. The summed E-state index contributed by atoms with van der Waals surface area (Å²) in [7, 11) is 1.62. The molecule has 0 amide bonds. The van der Waals surface area contributed by atoms with Gasteiger partial charge in [0.15, 0.2) is 5.82 Å². The lowest BCUT2D eigenvalue weighted by molar-refractivity contribution is 0.184. The van der Waals surface area contributed by atoms with Crippen molar-refractivity contribution in [2.45, 2.75) is 60.0 Å². The van der Waals surface area contributed by atoms with Crippen LogP contribution in [0.1, 0.15) is 63.3 Å². The zero-order valence-corrected chi connectivity index (χ0v) is 15.4. The molecule has 0 atom stereocenters. The van der Waals surface area contributed by atoms with Gasteiger partial charge in [-0.2, -0.15) is 10.4 Å². The van der Waals surface area contributed by atoms with Gasteiger partial charge in [-0.05, 0) is 50.0 Å². The predicted molar refractivity (Wildman–Crippen MR) is 96.9 cm³/mol. The number of hydrogen-bond donors (Lipinski definition) is 1. The monoisotopic (exact) mass is 328 g/mol. The Hall–Kier alpha value is -1.93. The van der Waals surface area contributed by atoms with E-state index in [0.29, 0.717) is 23.4 Å². The molecule has 0 saturated heterocycles. The molecule has 5 nitrogen and oxygen atoms in total. The summed E-state index contributed by atoms with van der Waals surface area (Å²) in [5.74, 6) is 1.27. The molecule has 1 saturated carbocycles. The second kappa shape index (κ2) is 7.76. The van der Waals surface area contributed by atoms with E-state index in [9.17, 15) is 5.26 Å². The van der Waals surface area contributed by atoms with E-state index in [-0.39, 0.29) is 0 Å². The summed E-state index contributed by atoms with van der Waals surface area (Å²) in [5.41, 5.74) is 6.75. The number of hydrazone groups is 1. The van der Waals surface area contributed by atoms with Crippen molar-refractivity contribution in [2.75, 3.05) is 12.5 Å². The Kier molecular flexibility index (Phi) is 5.95. The van der Waals surface area contributed by atoms with Crippen LogP contribution in [0.25, 0.3) is 0 Å². The fraction of sp³-hybridized carbons (Fsp3) is 0.632. The van der Waals surface area contributed by atoms with E-state index in [0.717, 1.165) is 35.7 Å². The summed E-state index contributed by atoms with van der Waals surface area (Å²) < 4.78 is 5.18. The molecule has 1 aromatic rings. The normalized spacial score (nSPS) is 18.2. The van der Waals surface area contributed by atoms with Crippen molar-refractivity contribution in [3.8, 4) is 6.07 Å². The summed E-state index contributed by atoms with van der Waals surface area (Å²) in [6.45, 7) is 9.24. The van der Waals surface area contributed by atoms with E-state index in [1.54, 1.807) is 7.11 Å². The first-order valence-corrected chi connectivity index (χ1v) is 8.56. The van der Waals surface area contributed by atoms with Crippen LogP contribution in [-0.2, 0) is 11.3 Å². The van der Waals surface area contributed by atoms with E-state index in [1.807, 2.05) is 13.0 Å². The third-order valence-electron chi connectivity index (χ3n) is 4.75. The quantitative estimate of drug-likeness (QED) is 0.831. The summed E-state index contributed by atoms with van der Waals surface area (Å²) in [6.07, 6.45) is 4.36. The molecule has 0 spiro atoms. The van der Waals surface area contributed by atoms with Gasteiger partial charge in [0.1, 0.15) is 11.6 Å². The van der Waals surface area contributed by atoms with E-state index in [2.05, 4.69) is 42.4 Å². The summed E-state index contributed by atoms with van der Waals surface area (Å²) in [5, 5.41) is 14.0. The maximum absolute atomic E-state index is 9.44. The number of anilines is 1. The standard InChI is InChI=1S/C19H28N4O/c1-13-10-14(12-24-5)17(11-20)18(21-13)23-22-16-8-6-15(7-9-16)19(2,3)4/h10,15H,6-9,12H2,1-5H3,(H,21,23). The number of hydrogen-bond acceptors (Lipinski definition) is 5. The van der Waals surface area contributed by atoms with Crippen LogP contribution in [0, 0.1) is 29.6 Å². The van der Waals surface area contributed by atoms with Crippen molar-refractivity contribution in [2.24, 2.45) is 16.4 Å². The van der Waals surface area contributed by atoms with Crippen molar-refractivity contribution in [3.63, 3.8) is 0 Å². The fourth-order valence-electron chi connectivity index (χ4n) is 3.28. The third-order valence-corrected chi connectivity index (χ3v) is 4.75. The van der Waals surface area contributed by atoms with Crippen molar-refractivity contribution in [3.05, 3.63) is 22.9 Å².